The molecule has 0 saturated carbocycles. The normalized spacial score (nSPS) is 15.6. The molecule has 7 nitrogen and oxygen atoms in total. The second-order valence-corrected chi connectivity index (χ2v) is 7.22. The third-order valence-corrected chi connectivity index (χ3v) is 4.91. The van der Waals surface area contributed by atoms with E-state index in [-0.39, 0.29) is 23.3 Å². The molecule has 1 N–H and O–H groups in total. The highest BCUT2D eigenvalue weighted by atomic mass is 19.3. The number of anilines is 1. The molecule has 9 heteroatoms. The number of hydrogen-bond donors (Lipinski definition) is 1. The molecule has 0 aliphatic carbocycles. The van der Waals surface area contributed by atoms with Gasteiger partial charge in [0.2, 0.25) is 5.91 Å². The van der Waals surface area contributed by atoms with Gasteiger partial charge in [-0.05, 0) is 25.0 Å². The van der Waals surface area contributed by atoms with Crippen LogP contribution in [0.2, 0.25) is 0 Å². The van der Waals surface area contributed by atoms with Gasteiger partial charge in [0.25, 0.3) is 5.92 Å². The maximum Gasteiger partial charge on any atom is 0.287 e. The number of nitrogens with zero attached hydrogens (tertiary/aromatic N) is 4. The van der Waals surface area contributed by atoms with Crippen molar-refractivity contribution in [3.63, 3.8) is 0 Å². The minimum absolute atomic E-state index is 0.178. The summed E-state index contributed by atoms with van der Waals surface area (Å²) >= 11 is 0. The summed E-state index contributed by atoms with van der Waals surface area (Å²) in [5.74, 6) is -2.49. The van der Waals surface area contributed by atoms with Crippen molar-refractivity contribution in [2.75, 3.05) is 18.5 Å². The predicted octanol–water partition coefficient (Wildman–Crippen LogP) is 3.78. The van der Waals surface area contributed by atoms with E-state index in [9.17, 15) is 13.6 Å². The molecule has 1 saturated heterocycles. The summed E-state index contributed by atoms with van der Waals surface area (Å²) in [7, 11) is 0. The lowest BCUT2D eigenvalue weighted by Gasteiger charge is -2.20. The largest absolute Gasteiger partial charge is 0.381 e. The van der Waals surface area contributed by atoms with Crippen molar-refractivity contribution >= 4 is 22.6 Å². The number of aromatic nitrogens is 4. The van der Waals surface area contributed by atoms with Crippen molar-refractivity contribution in [2.24, 2.45) is 0 Å². The van der Waals surface area contributed by atoms with Gasteiger partial charge in [-0.15, -0.1) is 0 Å². The van der Waals surface area contributed by atoms with Crippen LogP contribution in [0, 0.1) is 0 Å². The van der Waals surface area contributed by atoms with E-state index in [1.54, 1.807) is 23.0 Å². The third kappa shape index (κ3) is 3.95. The minimum Gasteiger partial charge on any atom is -0.381 e. The minimum atomic E-state index is -3.06. The standard InChI is InChI=1S/C20H21F2N5O2/c1-12(28)24-17-10-15-14(11-23-17)19(13-6-8-29-9-7-13)26-27(15)18-5-3-4-16(25-18)20(2,21)22/h3-5,10-11,13H,6-9H2,1-2H3,(H,23,24,28). The number of pyridine rings is 2. The van der Waals surface area contributed by atoms with Crippen LogP contribution >= 0.6 is 0 Å². The number of ether oxygens (including phenoxy) is 1. The van der Waals surface area contributed by atoms with Crippen LogP contribution in [0.1, 0.15) is 44.0 Å². The number of nitrogens with one attached hydrogen (secondary N) is 1. The Morgan fingerprint density at radius 1 is 1.31 bits per heavy atom. The van der Waals surface area contributed by atoms with Gasteiger partial charge in [0.05, 0.1) is 11.2 Å². The number of alkyl halides is 2. The average molecular weight is 401 g/mol. The fourth-order valence-corrected chi connectivity index (χ4v) is 3.51. The van der Waals surface area contributed by atoms with Gasteiger partial charge in [-0.1, -0.05) is 6.07 Å². The molecule has 3 aromatic rings. The second kappa shape index (κ2) is 7.47. The molecule has 4 rings (SSSR count). The van der Waals surface area contributed by atoms with Gasteiger partial charge in [0, 0.05) is 50.6 Å². The number of carbonyl (C=O) groups is 1. The van der Waals surface area contributed by atoms with Gasteiger partial charge in [-0.3, -0.25) is 4.79 Å². The first-order valence-electron chi connectivity index (χ1n) is 9.42. The van der Waals surface area contributed by atoms with E-state index < -0.39 is 5.92 Å². The molecular formula is C20H21F2N5O2. The van der Waals surface area contributed by atoms with Crippen LogP contribution in [-0.2, 0) is 15.5 Å². The first-order valence-corrected chi connectivity index (χ1v) is 9.42. The van der Waals surface area contributed by atoms with Crippen molar-refractivity contribution in [2.45, 2.75) is 38.5 Å². The maximum absolute atomic E-state index is 13.8. The molecule has 3 aromatic heterocycles. The molecule has 29 heavy (non-hydrogen) atoms. The molecule has 1 aliphatic heterocycles. The summed E-state index contributed by atoms with van der Waals surface area (Å²) in [6.07, 6.45) is 3.30. The smallest absolute Gasteiger partial charge is 0.287 e. The van der Waals surface area contributed by atoms with E-state index in [0.29, 0.717) is 24.5 Å². The Morgan fingerprint density at radius 2 is 2.07 bits per heavy atom. The van der Waals surface area contributed by atoms with Crippen LogP contribution in [0.3, 0.4) is 0 Å². The molecule has 0 unspecified atom stereocenters. The van der Waals surface area contributed by atoms with Gasteiger partial charge in [0.15, 0.2) is 5.82 Å². The molecule has 4 heterocycles. The van der Waals surface area contributed by atoms with Crippen LogP contribution in [0.5, 0.6) is 0 Å². The van der Waals surface area contributed by atoms with Gasteiger partial charge in [-0.25, -0.2) is 14.6 Å². The number of amides is 1. The Morgan fingerprint density at radius 3 is 2.76 bits per heavy atom. The molecule has 1 aliphatic rings. The summed E-state index contributed by atoms with van der Waals surface area (Å²) in [6.45, 7) is 3.50. The van der Waals surface area contributed by atoms with Crippen LogP contribution in [-0.4, -0.2) is 38.9 Å². The summed E-state index contributed by atoms with van der Waals surface area (Å²) in [6, 6.07) is 6.14. The van der Waals surface area contributed by atoms with E-state index in [2.05, 4.69) is 15.3 Å². The third-order valence-electron chi connectivity index (χ3n) is 4.91. The predicted molar refractivity (Wildman–Crippen MR) is 103 cm³/mol. The van der Waals surface area contributed by atoms with Crippen LogP contribution < -0.4 is 5.32 Å². The number of carbonyl (C=O) groups excluding carboxylic acids is 1. The lowest BCUT2D eigenvalue weighted by molar-refractivity contribution is -0.114. The molecule has 0 atom stereocenters. The Balaban J connectivity index is 1.88. The molecule has 0 radical (unpaired) electrons. The van der Waals surface area contributed by atoms with Crippen molar-refractivity contribution in [1.29, 1.82) is 0 Å². The summed E-state index contributed by atoms with van der Waals surface area (Å²) in [4.78, 5) is 19.9. The summed E-state index contributed by atoms with van der Waals surface area (Å²) in [5, 5.41) is 8.18. The Hall–Kier alpha value is -2.94. The SMILES string of the molecule is CC(=O)Nc1cc2c(cn1)c(C1CCOCC1)nn2-c1cccc(C(C)(F)F)n1. The van der Waals surface area contributed by atoms with Crippen LogP contribution in [0.25, 0.3) is 16.7 Å². The topological polar surface area (TPSA) is 81.9 Å². The molecule has 1 fully saturated rings. The fourth-order valence-electron chi connectivity index (χ4n) is 3.51. The van der Waals surface area contributed by atoms with E-state index in [0.717, 1.165) is 30.8 Å². The molecule has 0 bridgehead atoms. The van der Waals surface area contributed by atoms with E-state index in [4.69, 9.17) is 9.84 Å². The Kier molecular flexibility index (Phi) is 4.99. The van der Waals surface area contributed by atoms with Gasteiger partial charge in [0.1, 0.15) is 11.5 Å². The fraction of sp³-hybridized carbons (Fsp3) is 0.400. The summed E-state index contributed by atoms with van der Waals surface area (Å²) in [5.41, 5.74) is 1.15. The number of hydrogen-bond acceptors (Lipinski definition) is 5. The maximum atomic E-state index is 13.8. The molecule has 0 spiro atoms. The Labute approximate surface area is 166 Å². The van der Waals surface area contributed by atoms with Crippen molar-refractivity contribution in [1.82, 2.24) is 19.7 Å². The number of halogens is 2. The van der Waals surface area contributed by atoms with Crippen molar-refractivity contribution in [3.8, 4) is 5.82 Å². The molecule has 152 valence electrons. The van der Waals surface area contributed by atoms with Gasteiger partial charge >= 0.3 is 0 Å². The molecule has 1 amide bonds. The summed E-state index contributed by atoms with van der Waals surface area (Å²) < 4.78 is 34.6. The lowest BCUT2D eigenvalue weighted by Crippen LogP contribution is -2.15. The van der Waals surface area contributed by atoms with Crippen molar-refractivity contribution in [3.05, 3.63) is 41.9 Å². The number of fused-ring (bicyclic) bond motifs is 1. The van der Waals surface area contributed by atoms with Crippen LogP contribution in [0.15, 0.2) is 30.5 Å². The monoisotopic (exact) mass is 401 g/mol. The van der Waals surface area contributed by atoms with Crippen molar-refractivity contribution < 1.29 is 18.3 Å². The molecule has 0 aromatic carbocycles. The van der Waals surface area contributed by atoms with E-state index in [1.165, 1.54) is 19.1 Å². The highest BCUT2D eigenvalue weighted by Crippen LogP contribution is 2.34. The zero-order chi connectivity index (χ0) is 20.6. The first kappa shape index (κ1) is 19.4. The van der Waals surface area contributed by atoms with Crippen LogP contribution in [0.4, 0.5) is 14.6 Å². The zero-order valence-corrected chi connectivity index (χ0v) is 16.2. The average Bonchev–Trinajstić information content (AvgIpc) is 3.06. The second-order valence-electron chi connectivity index (χ2n) is 7.22. The van der Waals surface area contributed by atoms with E-state index >= 15 is 0 Å². The highest BCUT2D eigenvalue weighted by Gasteiger charge is 2.28. The molecular weight excluding hydrogens is 380 g/mol. The first-order chi connectivity index (χ1) is 13.8. The van der Waals surface area contributed by atoms with Gasteiger partial charge < -0.3 is 10.1 Å². The number of rotatable bonds is 4. The van der Waals surface area contributed by atoms with Gasteiger partial charge in [-0.2, -0.15) is 13.9 Å². The lowest BCUT2D eigenvalue weighted by atomic mass is 9.95. The Bertz CT molecular complexity index is 1050. The quantitative estimate of drug-likeness (QED) is 0.720. The zero-order valence-electron chi connectivity index (χ0n) is 16.2. The highest BCUT2D eigenvalue weighted by molar-refractivity contribution is 5.91. The van der Waals surface area contributed by atoms with E-state index in [1.807, 2.05) is 0 Å².